The molecule has 0 fully saturated rings. The summed E-state index contributed by atoms with van der Waals surface area (Å²) in [5, 5.41) is 10.8. The number of hydrogen-bond donors (Lipinski definition) is 1. The van der Waals surface area contributed by atoms with E-state index in [1.807, 2.05) is 30.3 Å². The third-order valence-electron chi connectivity index (χ3n) is 4.93. The van der Waals surface area contributed by atoms with Gasteiger partial charge in [-0.1, -0.05) is 25.5 Å². The largest absolute Gasteiger partial charge is 0.497 e. The lowest BCUT2D eigenvalue weighted by Gasteiger charge is -2.12. The number of nitriles is 1. The number of hydrogen-bond acceptors (Lipinski definition) is 4. The maximum atomic E-state index is 11.8. The molecule has 0 amide bonds. The highest BCUT2D eigenvalue weighted by Gasteiger charge is 2.19. The van der Waals surface area contributed by atoms with E-state index in [0.717, 1.165) is 47.3 Å². The van der Waals surface area contributed by atoms with Crippen molar-refractivity contribution >= 4 is 26.6 Å². The van der Waals surface area contributed by atoms with Gasteiger partial charge in [-0.05, 0) is 43.2 Å². The second kappa shape index (κ2) is 8.58. The first-order valence-corrected chi connectivity index (χ1v) is 11.3. The van der Waals surface area contributed by atoms with Gasteiger partial charge in [0.25, 0.3) is 0 Å². The van der Waals surface area contributed by atoms with Gasteiger partial charge in [0, 0.05) is 23.7 Å². The number of aromatic nitrogens is 1. The summed E-state index contributed by atoms with van der Waals surface area (Å²) >= 11 is 0. The Morgan fingerprint density at radius 1 is 1.14 bits per heavy atom. The summed E-state index contributed by atoms with van der Waals surface area (Å²) in [6, 6.07) is 15.3. The van der Waals surface area contributed by atoms with E-state index in [1.54, 1.807) is 26.2 Å². The van der Waals surface area contributed by atoms with Crippen LogP contribution in [0.15, 0.2) is 42.5 Å². The van der Waals surface area contributed by atoms with Crippen LogP contribution in [0, 0.1) is 11.3 Å². The SMILES string of the molecule is CCCCn1c(-c2ccc(NS(=O)(=O)CC)cc2)c(C#N)c2ccc(OC)cc21. The normalized spacial score (nSPS) is 11.4. The van der Waals surface area contributed by atoms with Crippen molar-refractivity contribution in [3.05, 3.63) is 48.0 Å². The average molecular weight is 412 g/mol. The number of nitrogens with one attached hydrogen (secondary N) is 1. The first-order valence-electron chi connectivity index (χ1n) is 9.65. The number of fused-ring (bicyclic) bond motifs is 1. The number of sulfonamides is 1. The molecule has 0 aliphatic heterocycles. The minimum absolute atomic E-state index is 0.0143. The monoisotopic (exact) mass is 411 g/mol. The minimum Gasteiger partial charge on any atom is -0.497 e. The van der Waals surface area contributed by atoms with Crippen molar-refractivity contribution in [3.63, 3.8) is 0 Å². The fourth-order valence-electron chi connectivity index (χ4n) is 3.37. The van der Waals surface area contributed by atoms with Crippen LogP contribution < -0.4 is 9.46 Å². The number of anilines is 1. The topological polar surface area (TPSA) is 84.1 Å². The van der Waals surface area contributed by atoms with Gasteiger partial charge in [-0.2, -0.15) is 5.26 Å². The van der Waals surface area contributed by atoms with E-state index in [9.17, 15) is 13.7 Å². The summed E-state index contributed by atoms with van der Waals surface area (Å²) in [4.78, 5) is 0. The Bertz CT molecular complexity index is 1160. The Morgan fingerprint density at radius 2 is 1.86 bits per heavy atom. The van der Waals surface area contributed by atoms with Gasteiger partial charge in [-0.25, -0.2) is 8.42 Å². The zero-order valence-corrected chi connectivity index (χ0v) is 17.7. The summed E-state index contributed by atoms with van der Waals surface area (Å²) in [6.07, 6.45) is 2.01. The average Bonchev–Trinajstić information content (AvgIpc) is 3.05. The lowest BCUT2D eigenvalue weighted by atomic mass is 10.1. The van der Waals surface area contributed by atoms with Crippen LogP contribution >= 0.6 is 0 Å². The lowest BCUT2D eigenvalue weighted by Crippen LogP contribution is -2.14. The molecule has 0 aliphatic rings. The number of methoxy groups -OCH3 is 1. The number of aryl methyl sites for hydroxylation is 1. The van der Waals surface area contributed by atoms with Gasteiger partial charge in [-0.15, -0.1) is 0 Å². The molecule has 0 radical (unpaired) electrons. The number of rotatable bonds is 8. The molecular formula is C22H25N3O3S. The van der Waals surface area contributed by atoms with Crippen LogP contribution in [0.2, 0.25) is 0 Å². The minimum atomic E-state index is -3.33. The fourth-order valence-corrected chi connectivity index (χ4v) is 4.01. The van der Waals surface area contributed by atoms with Gasteiger partial charge in [0.1, 0.15) is 11.8 Å². The molecule has 0 aliphatic carbocycles. The van der Waals surface area contributed by atoms with E-state index in [4.69, 9.17) is 4.74 Å². The summed E-state index contributed by atoms with van der Waals surface area (Å²) < 4.78 is 33.7. The predicted octanol–water partition coefficient (Wildman–Crippen LogP) is 4.75. The second-order valence-corrected chi connectivity index (χ2v) is 8.82. The van der Waals surface area contributed by atoms with Crippen molar-refractivity contribution in [2.24, 2.45) is 0 Å². The Balaban J connectivity index is 2.16. The molecule has 0 spiro atoms. The van der Waals surface area contributed by atoms with Gasteiger partial charge in [0.2, 0.25) is 10.0 Å². The molecule has 3 aromatic rings. The van der Waals surface area contributed by atoms with Crippen LogP contribution in [0.4, 0.5) is 5.69 Å². The van der Waals surface area contributed by atoms with Crippen molar-refractivity contribution in [1.29, 1.82) is 5.26 Å². The molecular weight excluding hydrogens is 386 g/mol. The first kappa shape index (κ1) is 20.7. The van der Waals surface area contributed by atoms with E-state index in [0.29, 0.717) is 11.3 Å². The van der Waals surface area contributed by atoms with Gasteiger partial charge < -0.3 is 9.30 Å². The maximum Gasteiger partial charge on any atom is 0.232 e. The summed E-state index contributed by atoms with van der Waals surface area (Å²) in [6.45, 7) is 4.50. The Kier molecular flexibility index (Phi) is 6.14. The molecule has 152 valence electrons. The van der Waals surface area contributed by atoms with Crippen LogP contribution in [-0.2, 0) is 16.6 Å². The van der Waals surface area contributed by atoms with Crippen molar-refractivity contribution in [2.75, 3.05) is 17.6 Å². The molecule has 1 aromatic heterocycles. The third-order valence-corrected chi connectivity index (χ3v) is 6.24. The predicted molar refractivity (Wildman–Crippen MR) is 117 cm³/mol. The van der Waals surface area contributed by atoms with E-state index < -0.39 is 10.0 Å². The van der Waals surface area contributed by atoms with Crippen LogP contribution in [-0.4, -0.2) is 25.8 Å². The zero-order chi connectivity index (χ0) is 21.0. The highest BCUT2D eigenvalue weighted by atomic mass is 32.2. The molecule has 0 unspecified atom stereocenters. The fraction of sp³-hybridized carbons (Fsp3) is 0.318. The van der Waals surface area contributed by atoms with Crippen LogP contribution in [0.5, 0.6) is 5.75 Å². The van der Waals surface area contributed by atoms with E-state index in [2.05, 4.69) is 22.3 Å². The molecule has 0 saturated heterocycles. The third kappa shape index (κ3) is 4.22. The molecule has 1 N–H and O–H groups in total. The van der Waals surface area contributed by atoms with Crippen molar-refractivity contribution in [3.8, 4) is 23.1 Å². The highest BCUT2D eigenvalue weighted by molar-refractivity contribution is 7.92. The van der Waals surface area contributed by atoms with Gasteiger partial charge in [0.15, 0.2) is 0 Å². The highest BCUT2D eigenvalue weighted by Crippen LogP contribution is 2.36. The number of benzene rings is 2. The summed E-state index contributed by atoms with van der Waals surface area (Å²) in [5.74, 6) is 0.758. The van der Waals surface area contributed by atoms with Gasteiger partial charge in [0.05, 0.1) is 29.6 Å². The zero-order valence-electron chi connectivity index (χ0n) is 16.9. The Hall–Kier alpha value is -2.98. The molecule has 29 heavy (non-hydrogen) atoms. The molecule has 0 atom stereocenters. The molecule has 0 bridgehead atoms. The number of nitrogens with zero attached hydrogens (tertiary/aromatic N) is 2. The van der Waals surface area contributed by atoms with Gasteiger partial charge >= 0.3 is 0 Å². The maximum absolute atomic E-state index is 11.8. The molecule has 2 aromatic carbocycles. The smallest absolute Gasteiger partial charge is 0.232 e. The van der Waals surface area contributed by atoms with E-state index in [-0.39, 0.29) is 5.75 Å². The van der Waals surface area contributed by atoms with E-state index >= 15 is 0 Å². The van der Waals surface area contributed by atoms with Crippen molar-refractivity contribution < 1.29 is 13.2 Å². The molecule has 6 nitrogen and oxygen atoms in total. The quantitative estimate of drug-likeness (QED) is 0.580. The second-order valence-electron chi connectivity index (χ2n) is 6.81. The Morgan fingerprint density at radius 3 is 2.45 bits per heavy atom. The van der Waals surface area contributed by atoms with Crippen LogP contribution in [0.3, 0.4) is 0 Å². The number of unbranched alkanes of at least 4 members (excludes halogenated alkanes) is 1. The number of ether oxygens (including phenoxy) is 1. The van der Waals surface area contributed by atoms with Crippen LogP contribution in [0.25, 0.3) is 22.2 Å². The molecule has 0 saturated carbocycles. The van der Waals surface area contributed by atoms with Crippen molar-refractivity contribution in [1.82, 2.24) is 4.57 Å². The Labute approximate surface area is 171 Å². The molecule has 1 heterocycles. The van der Waals surface area contributed by atoms with Crippen LogP contribution in [0.1, 0.15) is 32.3 Å². The standard InChI is InChI=1S/C22H25N3O3S/c1-4-6-13-25-21-14-18(28-3)11-12-19(21)20(15-23)22(25)16-7-9-17(10-8-16)24-29(26,27)5-2/h7-12,14,24H,4-6,13H2,1-3H3. The first-order chi connectivity index (χ1) is 13.9. The summed E-state index contributed by atoms with van der Waals surface area (Å²) in [5.41, 5.74) is 3.79. The van der Waals surface area contributed by atoms with E-state index in [1.165, 1.54) is 0 Å². The summed E-state index contributed by atoms with van der Waals surface area (Å²) in [7, 11) is -1.71. The molecule has 7 heteroatoms. The van der Waals surface area contributed by atoms with Crippen molar-refractivity contribution in [2.45, 2.75) is 33.2 Å². The molecule has 3 rings (SSSR count). The van der Waals surface area contributed by atoms with Gasteiger partial charge in [-0.3, -0.25) is 4.72 Å². The lowest BCUT2D eigenvalue weighted by molar-refractivity contribution is 0.415.